The van der Waals surface area contributed by atoms with Crippen LogP contribution < -0.4 is 4.74 Å². The molecule has 4 rings (SSSR count). The quantitative estimate of drug-likeness (QED) is 0.428. The summed E-state index contributed by atoms with van der Waals surface area (Å²) in [7, 11) is 0. The molecule has 0 aliphatic carbocycles. The van der Waals surface area contributed by atoms with Gasteiger partial charge in [-0.05, 0) is 67.8 Å². The zero-order valence-corrected chi connectivity index (χ0v) is 16.3. The van der Waals surface area contributed by atoms with E-state index >= 15 is 0 Å². The Balaban J connectivity index is 1.85. The molecule has 2 aromatic carbocycles. The van der Waals surface area contributed by atoms with Crippen molar-refractivity contribution in [3.63, 3.8) is 0 Å². The number of aryl methyl sites for hydroxylation is 2. The van der Waals surface area contributed by atoms with E-state index in [-0.39, 0.29) is 0 Å². The van der Waals surface area contributed by atoms with Crippen LogP contribution in [0.4, 0.5) is 0 Å². The van der Waals surface area contributed by atoms with Crippen molar-refractivity contribution < 1.29 is 9.53 Å². The molecule has 2 heterocycles. The Morgan fingerprint density at radius 3 is 2.48 bits per heavy atom. The molecule has 0 bridgehead atoms. The summed E-state index contributed by atoms with van der Waals surface area (Å²) in [6.07, 6.45) is 0.892. The van der Waals surface area contributed by atoms with Crippen molar-refractivity contribution in [3.05, 3.63) is 64.7 Å². The summed E-state index contributed by atoms with van der Waals surface area (Å²) < 4.78 is 7.45. The van der Waals surface area contributed by atoms with Crippen LogP contribution in [0.1, 0.15) is 28.5 Å². The maximum Gasteiger partial charge on any atom is 0.195 e. The van der Waals surface area contributed by atoms with Crippen LogP contribution >= 0.6 is 11.3 Å². The molecule has 0 amide bonds. The number of hydrogen-bond acceptors (Lipinski definition) is 4. The standard InChI is InChI=1S/C22H20N2O2S/c1-4-26-18-9-7-16(8-10-18)21-19(12-25)24-20(13-27-22(24)23-21)17-6-5-14(2)15(3)11-17/h5-13H,4H2,1-3H3. The highest BCUT2D eigenvalue weighted by atomic mass is 32.1. The van der Waals surface area contributed by atoms with Crippen LogP contribution in [-0.4, -0.2) is 22.3 Å². The monoisotopic (exact) mass is 376 g/mol. The second-order valence-electron chi connectivity index (χ2n) is 6.46. The molecule has 5 heteroatoms. The number of carbonyl (C=O) groups is 1. The average Bonchev–Trinajstić information content (AvgIpc) is 3.24. The van der Waals surface area contributed by atoms with Gasteiger partial charge in [0.05, 0.1) is 12.3 Å². The number of ether oxygens (including phenoxy) is 1. The highest BCUT2D eigenvalue weighted by molar-refractivity contribution is 7.15. The van der Waals surface area contributed by atoms with Crippen molar-refractivity contribution in [1.29, 1.82) is 0 Å². The maximum absolute atomic E-state index is 12.0. The number of rotatable bonds is 5. The number of fused-ring (bicyclic) bond motifs is 1. The largest absolute Gasteiger partial charge is 0.494 e. The van der Waals surface area contributed by atoms with Gasteiger partial charge in [0.15, 0.2) is 11.2 Å². The first-order valence-corrected chi connectivity index (χ1v) is 9.76. The van der Waals surface area contributed by atoms with E-state index in [1.165, 1.54) is 11.1 Å². The van der Waals surface area contributed by atoms with Crippen LogP contribution in [0.2, 0.25) is 0 Å². The summed E-state index contributed by atoms with van der Waals surface area (Å²) in [6, 6.07) is 14.1. The number of aldehydes is 1. The predicted molar refractivity (Wildman–Crippen MR) is 110 cm³/mol. The lowest BCUT2D eigenvalue weighted by atomic mass is 10.0. The topological polar surface area (TPSA) is 43.6 Å². The van der Waals surface area contributed by atoms with Gasteiger partial charge in [0.25, 0.3) is 0 Å². The molecule has 0 radical (unpaired) electrons. The van der Waals surface area contributed by atoms with Crippen molar-refractivity contribution in [2.75, 3.05) is 6.61 Å². The fourth-order valence-electron chi connectivity index (χ4n) is 3.18. The highest BCUT2D eigenvalue weighted by Crippen LogP contribution is 2.33. The van der Waals surface area contributed by atoms with E-state index in [9.17, 15) is 4.79 Å². The summed E-state index contributed by atoms with van der Waals surface area (Å²) in [6.45, 7) is 6.78. The second kappa shape index (κ2) is 7.00. The van der Waals surface area contributed by atoms with E-state index in [0.717, 1.165) is 33.8 Å². The lowest BCUT2D eigenvalue weighted by Crippen LogP contribution is -1.95. The first kappa shape index (κ1) is 17.5. The summed E-state index contributed by atoms with van der Waals surface area (Å²) in [4.78, 5) is 17.5. The molecule has 0 fully saturated rings. The van der Waals surface area contributed by atoms with E-state index in [1.54, 1.807) is 11.3 Å². The van der Waals surface area contributed by atoms with Gasteiger partial charge in [-0.3, -0.25) is 9.20 Å². The van der Waals surface area contributed by atoms with Gasteiger partial charge in [-0.2, -0.15) is 0 Å². The van der Waals surface area contributed by atoms with E-state index in [1.807, 2.05) is 35.6 Å². The molecule has 0 atom stereocenters. The van der Waals surface area contributed by atoms with E-state index in [0.29, 0.717) is 18.0 Å². The Hall–Kier alpha value is -2.92. The Kier molecular flexibility index (Phi) is 4.54. The van der Waals surface area contributed by atoms with E-state index in [4.69, 9.17) is 9.72 Å². The zero-order valence-electron chi connectivity index (χ0n) is 15.5. The Labute approximate surface area is 162 Å². The van der Waals surface area contributed by atoms with Crippen LogP contribution in [0.25, 0.3) is 27.5 Å². The Bertz CT molecular complexity index is 1120. The Morgan fingerprint density at radius 2 is 1.81 bits per heavy atom. The first-order chi connectivity index (χ1) is 13.1. The normalized spacial score (nSPS) is 11.1. The number of benzene rings is 2. The van der Waals surface area contributed by atoms with Gasteiger partial charge in [-0.1, -0.05) is 12.1 Å². The molecule has 2 aromatic heterocycles. The molecule has 0 saturated carbocycles. The average molecular weight is 376 g/mol. The van der Waals surface area contributed by atoms with Crippen molar-refractivity contribution in [2.45, 2.75) is 20.8 Å². The Morgan fingerprint density at radius 1 is 1.07 bits per heavy atom. The van der Waals surface area contributed by atoms with Gasteiger partial charge in [0.2, 0.25) is 0 Å². The third-order valence-electron chi connectivity index (χ3n) is 4.75. The van der Waals surface area contributed by atoms with E-state index < -0.39 is 0 Å². The predicted octanol–water partition coefficient (Wildman–Crippen LogP) is 5.56. The highest BCUT2D eigenvalue weighted by Gasteiger charge is 2.18. The number of imidazole rings is 1. The second-order valence-corrected chi connectivity index (χ2v) is 7.30. The molecule has 4 nitrogen and oxygen atoms in total. The minimum Gasteiger partial charge on any atom is -0.494 e. The molecular formula is C22H20N2O2S. The number of nitrogens with zero attached hydrogens (tertiary/aromatic N) is 2. The molecule has 0 unspecified atom stereocenters. The number of thiazole rings is 1. The lowest BCUT2D eigenvalue weighted by Gasteiger charge is -2.06. The smallest absolute Gasteiger partial charge is 0.195 e. The minimum atomic E-state index is 0.573. The summed E-state index contributed by atoms with van der Waals surface area (Å²) >= 11 is 1.54. The molecule has 136 valence electrons. The molecule has 0 N–H and O–H groups in total. The molecule has 27 heavy (non-hydrogen) atoms. The van der Waals surface area contributed by atoms with Crippen LogP contribution in [0, 0.1) is 13.8 Å². The van der Waals surface area contributed by atoms with Crippen molar-refractivity contribution in [2.24, 2.45) is 0 Å². The van der Waals surface area contributed by atoms with Crippen LogP contribution in [0.5, 0.6) is 5.75 Å². The van der Waals surface area contributed by atoms with Crippen molar-refractivity contribution in [1.82, 2.24) is 9.38 Å². The minimum absolute atomic E-state index is 0.573. The molecular weight excluding hydrogens is 356 g/mol. The number of hydrogen-bond donors (Lipinski definition) is 0. The SMILES string of the molecule is CCOc1ccc(-c2nc3scc(-c4ccc(C)c(C)c4)n3c2C=O)cc1. The fraction of sp³-hybridized carbons (Fsp3) is 0.182. The third-order valence-corrected chi connectivity index (χ3v) is 5.58. The zero-order chi connectivity index (χ0) is 19.0. The molecule has 0 spiro atoms. The van der Waals surface area contributed by atoms with Crippen molar-refractivity contribution in [3.8, 4) is 28.3 Å². The number of aromatic nitrogens is 2. The third kappa shape index (κ3) is 3.04. The van der Waals surface area contributed by atoms with Gasteiger partial charge in [0.1, 0.15) is 17.1 Å². The van der Waals surface area contributed by atoms with Crippen LogP contribution in [0.15, 0.2) is 47.8 Å². The van der Waals surface area contributed by atoms with Gasteiger partial charge in [0, 0.05) is 10.9 Å². The summed E-state index contributed by atoms with van der Waals surface area (Å²) in [5.41, 5.74) is 6.73. The van der Waals surface area contributed by atoms with E-state index in [2.05, 4.69) is 37.4 Å². The summed E-state index contributed by atoms with van der Waals surface area (Å²) in [5.74, 6) is 0.811. The lowest BCUT2D eigenvalue weighted by molar-refractivity contribution is 0.111. The molecule has 0 saturated heterocycles. The van der Waals surface area contributed by atoms with Gasteiger partial charge >= 0.3 is 0 Å². The van der Waals surface area contributed by atoms with Gasteiger partial charge < -0.3 is 4.74 Å². The van der Waals surface area contributed by atoms with Gasteiger partial charge in [-0.25, -0.2) is 4.98 Å². The molecule has 0 aliphatic rings. The molecule has 4 aromatic rings. The van der Waals surface area contributed by atoms with Crippen molar-refractivity contribution >= 4 is 22.6 Å². The fourth-order valence-corrected chi connectivity index (χ4v) is 4.08. The number of carbonyl (C=O) groups excluding carboxylic acids is 1. The summed E-state index contributed by atoms with van der Waals surface area (Å²) in [5, 5.41) is 2.06. The molecule has 0 aliphatic heterocycles. The van der Waals surface area contributed by atoms with Crippen LogP contribution in [0.3, 0.4) is 0 Å². The maximum atomic E-state index is 12.0. The van der Waals surface area contributed by atoms with Crippen LogP contribution in [-0.2, 0) is 0 Å². The van der Waals surface area contributed by atoms with Gasteiger partial charge in [-0.15, -0.1) is 11.3 Å². The first-order valence-electron chi connectivity index (χ1n) is 8.88.